The number of hydrogen-bond donors (Lipinski definition) is 2. The fourth-order valence-corrected chi connectivity index (χ4v) is 4.26. The van der Waals surface area contributed by atoms with E-state index >= 15 is 0 Å². The van der Waals surface area contributed by atoms with Crippen LogP contribution in [-0.4, -0.2) is 20.4 Å². The van der Waals surface area contributed by atoms with Gasteiger partial charge in [0.1, 0.15) is 16.3 Å². The Morgan fingerprint density at radius 1 is 1.12 bits per heavy atom. The Bertz CT molecular complexity index is 1000. The molecular formula is C15H11ClFN2O4S+. The Morgan fingerprint density at radius 2 is 1.83 bits per heavy atom. The summed E-state index contributed by atoms with van der Waals surface area (Å²) in [5.41, 5.74) is -0.210. The molecule has 0 saturated carbocycles. The fraction of sp³-hybridized carbons (Fsp3) is 0.0667. The van der Waals surface area contributed by atoms with Crippen LogP contribution in [0, 0.1) is 12.7 Å². The number of aryl methyl sites for hydroxylation is 1. The molecule has 0 aromatic heterocycles. The van der Waals surface area contributed by atoms with Crippen molar-refractivity contribution in [2.24, 2.45) is 0 Å². The van der Waals surface area contributed by atoms with Crippen LogP contribution in [0.15, 0.2) is 40.1 Å². The third kappa shape index (κ3) is 2.48. The van der Waals surface area contributed by atoms with Gasteiger partial charge < -0.3 is 0 Å². The number of halogens is 2. The second-order valence-electron chi connectivity index (χ2n) is 5.18. The van der Waals surface area contributed by atoms with E-state index in [-0.39, 0.29) is 26.7 Å². The zero-order valence-electron chi connectivity index (χ0n) is 12.3. The highest BCUT2D eigenvalue weighted by Crippen LogP contribution is 2.36. The Kier molecular flexibility index (Phi) is 3.90. The highest BCUT2D eigenvalue weighted by atomic mass is 35.5. The van der Waals surface area contributed by atoms with Crippen molar-refractivity contribution in [3.8, 4) is 0 Å². The molecule has 3 rings (SSSR count). The minimum Gasteiger partial charge on any atom is -0.273 e. The van der Waals surface area contributed by atoms with E-state index in [0.717, 1.165) is 17.4 Å². The van der Waals surface area contributed by atoms with Gasteiger partial charge in [0.15, 0.2) is 0 Å². The van der Waals surface area contributed by atoms with Gasteiger partial charge in [-0.25, -0.2) is 22.4 Å². The number of benzene rings is 2. The van der Waals surface area contributed by atoms with Crippen LogP contribution in [0.5, 0.6) is 0 Å². The number of rotatable bonds is 2. The normalized spacial score (nSPS) is 14.3. The zero-order chi connectivity index (χ0) is 17.6. The van der Waals surface area contributed by atoms with Crippen molar-refractivity contribution in [3.05, 3.63) is 52.3 Å². The lowest BCUT2D eigenvalue weighted by Gasteiger charge is -2.18. The summed E-state index contributed by atoms with van der Waals surface area (Å²) in [5, 5.41) is 3.08. The average molecular weight is 370 g/mol. The van der Waals surface area contributed by atoms with Crippen LogP contribution >= 0.6 is 11.6 Å². The molecule has 6 nitrogen and oxygen atoms in total. The molecule has 1 heterocycles. The maximum Gasteiger partial charge on any atom is 0.425 e. The third-order valence-corrected chi connectivity index (χ3v) is 5.74. The molecule has 2 aromatic carbocycles. The molecule has 0 spiro atoms. The maximum atomic E-state index is 14.3. The summed E-state index contributed by atoms with van der Waals surface area (Å²) in [6.45, 7) is 1.44. The van der Waals surface area contributed by atoms with Gasteiger partial charge in [0.2, 0.25) is 9.84 Å². The van der Waals surface area contributed by atoms with Crippen LogP contribution in [0.2, 0.25) is 5.02 Å². The number of nitrogens with one attached hydrogen (secondary N) is 1. The molecule has 0 saturated heterocycles. The predicted molar refractivity (Wildman–Crippen MR) is 83.3 cm³/mol. The highest BCUT2D eigenvalue weighted by Gasteiger charge is 2.36. The van der Waals surface area contributed by atoms with Crippen molar-refractivity contribution in [2.45, 2.75) is 16.7 Å². The number of nitrogens with two attached hydrogens (primary N) is 1. The highest BCUT2D eigenvalue weighted by molar-refractivity contribution is 7.91. The molecule has 24 heavy (non-hydrogen) atoms. The van der Waals surface area contributed by atoms with E-state index in [0.29, 0.717) is 0 Å². The van der Waals surface area contributed by atoms with Crippen molar-refractivity contribution in [3.63, 3.8) is 0 Å². The Labute approximate surface area is 141 Å². The van der Waals surface area contributed by atoms with Crippen LogP contribution in [0.1, 0.15) is 15.9 Å². The number of quaternary nitrogens is 1. The first kappa shape index (κ1) is 16.6. The summed E-state index contributed by atoms with van der Waals surface area (Å²) < 4.78 is 40.0. The molecule has 0 unspecified atom stereocenters. The molecule has 124 valence electrons. The van der Waals surface area contributed by atoms with Crippen molar-refractivity contribution < 1.29 is 27.7 Å². The predicted octanol–water partition coefficient (Wildman–Crippen LogP) is 1.87. The monoisotopic (exact) mass is 369 g/mol. The molecule has 0 atom stereocenters. The lowest BCUT2D eigenvalue weighted by molar-refractivity contribution is -0.447. The third-order valence-electron chi connectivity index (χ3n) is 3.61. The number of hydrogen-bond acceptors (Lipinski definition) is 4. The second kappa shape index (κ2) is 5.66. The van der Waals surface area contributed by atoms with Gasteiger partial charge in [0.25, 0.3) is 0 Å². The fourth-order valence-electron chi connectivity index (χ4n) is 2.44. The van der Waals surface area contributed by atoms with Crippen molar-refractivity contribution >= 4 is 39.1 Å². The minimum atomic E-state index is -4.31. The van der Waals surface area contributed by atoms with Crippen LogP contribution in [0.25, 0.3) is 0 Å². The number of fused-ring (bicyclic) bond motifs is 1. The van der Waals surface area contributed by atoms with E-state index in [1.54, 1.807) is 0 Å². The molecule has 0 bridgehead atoms. The first-order chi connectivity index (χ1) is 11.2. The molecule has 0 radical (unpaired) electrons. The molecular weight excluding hydrogens is 359 g/mol. The summed E-state index contributed by atoms with van der Waals surface area (Å²) >= 11 is 5.95. The van der Waals surface area contributed by atoms with E-state index in [1.165, 1.54) is 25.1 Å². The van der Waals surface area contributed by atoms with Gasteiger partial charge in [-0.15, -0.1) is 0 Å². The second-order valence-corrected chi connectivity index (χ2v) is 7.48. The number of primary amides is 2. The number of imide groups is 1. The van der Waals surface area contributed by atoms with Gasteiger partial charge in [-0.1, -0.05) is 23.7 Å². The minimum absolute atomic E-state index is 0.00471. The SMILES string of the molecule is Cc1cccc(S(=O)(=O)c2ccc(Cl)c3c2NC(=O)[NH2+]C3=O)c1F. The number of urea groups is 1. The van der Waals surface area contributed by atoms with E-state index < -0.39 is 32.5 Å². The van der Waals surface area contributed by atoms with Gasteiger partial charge in [-0.2, -0.15) is 5.32 Å². The van der Waals surface area contributed by atoms with Crippen LogP contribution < -0.4 is 10.6 Å². The molecule has 3 N–H and O–H groups in total. The number of amides is 3. The van der Waals surface area contributed by atoms with Gasteiger partial charge in [0.05, 0.1) is 15.6 Å². The smallest absolute Gasteiger partial charge is 0.273 e. The number of carbonyl (C=O) groups excluding carboxylic acids is 2. The molecule has 9 heteroatoms. The first-order valence-corrected chi connectivity index (χ1v) is 8.62. The van der Waals surface area contributed by atoms with Gasteiger partial charge in [0, 0.05) is 0 Å². The number of sulfone groups is 1. The van der Waals surface area contributed by atoms with Gasteiger partial charge in [-0.3, -0.25) is 5.32 Å². The first-order valence-electron chi connectivity index (χ1n) is 6.76. The number of anilines is 1. The molecule has 3 amide bonds. The Hall–Kier alpha value is -2.29. The quantitative estimate of drug-likeness (QED) is 0.844. The summed E-state index contributed by atoms with van der Waals surface area (Å²) in [5.74, 6) is -1.60. The van der Waals surface area contributed by atoms with E-state index in [2.05, 4.69) is 5.32 Å². The van der Waals surface area contributed by atoms with Crippen LogP contribution in [0.3, 0.4) is 0 Å². The van der Waals surface area contributed by atoms with E-state index in [4.69, 9.17) is 11.6 Å². The maximum absolute atomic E-state index is 14.3. The van der Waals surface area contributed by atoms with E-state index in [9.17, 15) is 22.4 Å². The van der Waals surface area contributed by atoms with Crippen molar-refractivity contribution in [1.82, 2.24) is 0 Å². The standard InChI is InChI=1S/C15H10ClFN2O4S/c1-7-3-2-4-9(12(7)17)24(22,23)10-6-5-8(16)11-13(10)18-15(21)19-14(11)20/h2-6H,1H3,(H2,18,19,20,21)/p+1. The van der Waals surface area contributed by atoms with E-state index in [1.807, 2.05) is 0 Å². The lowest BCUT2D eigenvalue weighted by Crippen LogP contribution is -2.94. The lowest BCUT2D eigenvalue weighted by atomic mass is 10.1. The van der Waals surface area contributed by atoms with Gasteiger partial charge in [-0.05, 0) is 30.7 Å². The van der Waals surface area contributed by atoms with Crippen molar-refractivity contribution in [1.29, 1.82) is 0 Å². The van der Waals surface area contributed by atoms with Gasteiger partial charge >= 0.3 is 11.9 Å². The molecule has 1 aliphatic rings. The summed E-state index contributed by atoms with van der Waals surface area (Å²) in [7, 11) is -4.31. The average Bonchev–Trinajstić information content (AvgIpc) is 2.49. The molecule has 0 aliphatic carbocycles. The van der Waals surface area contributed by atoms with Crippen LogP contribution in [0.4, 0.5) is 14.9 Å². The molecule has 0 fully saturated rings. The zero-order valence-corrected chi connectivity index (χ0v) is 13.8. The topological polar surface area (TPSA) is 96.9 Å². The molecule has 2 aromatic rings. The largest absolute Gasteiger partial charge is 0.425 e. The molecule has 1 aliphatic heterocycles. The summed E-state index contributed by atoms with van der Waals surface area (Å²) in [4.78, 5) is 22.6. The summed E-state index contributed by atoms with van der Waals surface area (Å²) in [6.07, 6.45) is 0. The van der Waals surface area contributed by atoms with Crippen LogP contribution in [-0.2, 0) is 9.84 Å². The number of carbonyl (C=O) groups is 2. The Morgan fingerprint density at radius 3 is 2.54 bits per heavy atom. The Balaban J connectivity index is 2.31. The van der Waals surface area contributed by atoms with Crippen molar-refractivity contribution in [2.75, 3.05) is 5.32 Å². The summed E-state index contributed by atoms with van der Waals surface area (Å²) in [6, 6.07) is 5.56.